The predicted octanol–water partition coefficient (Wildman–Crippen LogP) is 2.36. The van der Waals surface area contributed by atoms with E-state index in [2.05, 4.69) is 5.16 Å². The Bertz CT molecular complexity index is 1030. The molecule has 0 saturated carbocycles. The Morgan fingerprint density at radius 1 is 1.32 bits per heavy atom. The van der Waals surface area contributed by atoms with Gasteiger partial charge < -0.3 is 13.8 Å². The highest BCUT2D eigenvalue weighted by Crippen LogP contribution is 2.29. The van der Waals surface area contributed by atoms with E-state index in [0.717, 1.165) is 5.69 Å². The number of aryl methyl sites for hydroxylation is 3. The van der Waals surface area contributed by atoms with Gasteiger partial charge in [0.05, 0.1) is 17.2 Å². The van der Waals surface area contributed by atoms with Gasteiger partial charge in [0.25, 0.3) is 0 Å². The fourth-order valence-corrected chi connectivity index (χ4v) is 5.50. The van der Waals surface area contributed by atoms with Crippen LogP contribution in [0.5, 0.6) is 0 Å². The SMILES string of the molecule is CCc1noc(C)c1C(=O)OCC(=O)c1cc(C)n([C@@H]2CCS(=O)(=O)C2)c1C. The maximum atomic E-state index is 12.6. The zero-order valence-electron chi connectivity index (χ0n) is 16.4. The molecule has 9 heteroatoms. The lowest BCUT2D eigenvalue weighted by Crippen LogP contribution is -2.17. The Morgan fingerprint density at radius 2 is 2.04 bits per heavy atom. The minimum absolute atomic E-state index is 0.0819. The van der Waals surface area contributed by atoms with E-state index < -0.39 is 22.4 Å². The average Bonchev–Trinajstić information content (AvgIpc) is 3.27. The van der Waals surface area contributed by atoms with Crippen molar-refractivity contribution < 1.29 is 27.3 Å². The number of hydrogen-bond donors (Lipinski definition) is 0. The van der Waals surface area contributed by atoms with Gasteiger partial charge in [0.1, 0.15) is 11.3 Å². The van der Waals surface area contributed by atoms with E-state index in [1.165, 1.54) is 0 Å². The maximum Gasteiger partial charge on any atom is 0.344 e. The van der Waals surface area contributed by atoms with Gasteiger partial charge in [-0.2, -0.15) is 0 Å². The molecule has 8 nitrogen and oxygen atoms in total. The van der Waals surface area contributed by atoms with Gasteiger partial charge in [-0.25, -0.2) is 13.2 Å². The largest absolute Gasteiger partial charge is 0.454 e. The van der Waals surface area contributed by atoms with E-state index in [4.69, 9.17) is 9.26 Å². The molecular weight excluding hydrogens is 384 g/mol. The van der Waals surface area contributed by atoms with Crippen molar-refractivity contribution in [1.82, 2.24) is 9.72 Å². The van der Waals surface area contributed by atoms with Crippen LogP contribution >= 0.6 is 0 Å². The van der Waals surface area contributed by atoms with Crippen LogP contribution in [0.15, 0.2) is 10.6 Å². The minimum atomic E-state index is -3.04. The molecule has 0 aromatic carbocycles. The Balaban J connectivity index is 1.74. The van der Waals surface area contributed by atoms with Gasteiger partial charge in [0, 0.05) is 23.0 Å². The summed E-state index contributed by atoms with van der Waals surface area (Å²) in [4.78, 5) is 25.0. The molecule has 1 fully saturated rings. The molecule has 0 spiro atoms. The summed E-state index contributed by atoms with van der Waals surface area (Å²) in [5.41, 5.74) is 2.70. The van der Waals surface area contributed by atoms with Crippen LogP contribution in [0.4, 0.5) is 0 Å². The van der Waals surface area contributed by atoms with Gasteiger partial charge in [-0.3, -0.25) is 4.79 Å². The van der Waals surface area contributed by atoms with Crippen LogP contribution in [0, 0.1) is 20.8 Å². The molecule has 0 bridgehead atoms. The number of ketones is 1. The fraction of sp³-hybridized carbons (Fsp3) is 0.526. The standard InChI is InChI=1S/C19H24N2O6S/c1-5-16-18(13(4)27-20-16)19(23)26-9-17(22)15-8-11(2)21(12(15)3)14-6-7-28(24,25)10-14/h8,14H,5-7,9-10H2,1-4H3/t14-/m1/s1. The van der Waals surface area contributed by atoms with Crippen LogP contribution in [-0.2, 0) is 21.0 Å². The molecule has 1 atom stereocenters. The summed E-state index contributed by atoms with van der Waals surface area (Å²) in [5.74, 6) is -0.373. The van der Waals surface area contributed by atoms with Crippen molar-refractivity contribution in [3.8, 4) is 0 Å². The van der Waals surface area contributed by atoms with E-state index in [-0.39, 0.29) is 28.9 Å². The first-order valence-electron chi connectivity index (χ1n) is 9.19. The van der Waals surface area contributed by atoms with Crippen molar-refractivity contribution in [2.45, 2.75) is 46.6 Å². The second kappa shape index (κ2) is 7.54. The molecule has 1 aliphatic rings. The molecule has 1 saturated heterocycles. The highest BCUT2D eigenvalue weighted by Gasteiger charge is 2.32. The first-order chi connectivity index (χ1) is 13.1. The molecule has 28 heavy (non-hydrogen) atoms. The third-order valence-electron chi connectivity index (χ3n) is 5.17. The molecule has 2 aromatic rings. The average molecular weight is 408 g/mol. The number of Topliss-reactive ketones (excluding diaryl/α,β-unsaturated/α-hetero) is 1. The lowest BCUT2D eigenvalue weighted by Gasteiger charge is -2.16. The summed E-state index contributed by atoms with van der Waals surface area (Å²) in [6, 6.07) is 1.55. The number of rotatable bonds is 6. The molecular formula is C19H24N2O6S. The maximum absolute atomic E-state index is 12.6. The molecule has 0 unspecified atom stereocenters. The molecule has 3 heterocycles. The van der Waals surface area contributed by atoms with Gasteiger partial charge in [0.2, 0.25) is 5.78 Å². The zero-order valence-corrected chi connectivity index (χ0v) is 17.3. The monoisotopic (exact) mass is 408 g/mol. The highest BCUT2D eigenvalue weighted by atomic mass is 32.2. The summed E-state index contributed by atoms with van der Waals surface area (Å²) in [6.07, 6.45) is 1.05. The first-order valence-corrected chi connectivity index (χ1v) is 11.0. The molecule has 0 N–H and O–H groups in total. The first kappa shape index (κ1) is 20.3. The number of carbonyl (C=O) groups is 2. The number of esters is 1. The molecule has 0 amide bonds. The van der Waals surface area contributed by atoms with Crippen molar-refractivity contribution in [2.24, 2.45) is 0 Å². The van der Waals surface area contributed by atoms with Gasteiger partial charge in [-0.15, -0.1) is 0 Å². The topological polar surface area (TPSA) is 108 Å². The number of nitrogens with zero attached hydrogens (tertiary/aromatic N) is 2. The summed E-state index contributed by atoms with van der Waals surface area (Å²) in [6.45, 7) is 6.69. The van der Waals surface area contributed by atoms with E-state index in [1.54, 1.807) is 19.9 Å². The van der Waals surface area contributed by atoms with Crippen molar-refractivity contribution in [3.63, 3.8) is 0 Å². The number of aromatic nitrogens is 2. The quantitative estimate of drug-likeness (QED) is 0.533. The molecule has 1 aliphatic heterocycles. The summed E-state index contributed by atoms with van der Waals surface area (Å²) < 4.78 is 35.7. The molecule has 152 valence electrons. The Labute approximate surface area is 163 Å². The van der Waals surface area contributed by atoms with Gasteiger partial charge in [-0.05, 0) is 39.7 Å². The van der Waals surface area contributed by atoms with E-state index >= 15 is 0 Å². The Kier molecular flexibility index (Phi) is 5.47. The summed E-state index contributed by atoms with van der Waals surface area (Å²) >= 11 is 0. The normalized spacial score (nSPS) is 18.4. The third kappa shape index (κ3) is 3.76. The van der Waals surface area contributed by atoms with Gasteiger partial charge >= 0.3 is 5.97 Å². The number of sulfone groups is 1. The lowest BCUT2D eigenvalue weighted by molar-refractivity contribution is 0.0471. The Hall–Kier alpha value is -2.42. The number of hydrogen-bond acceptors (Lipinski definition) is 7. The van der Waals surface area contributed by atoms with E-state index in [1.807, 2.05) is 18.4 Å². The van der Waals surface area contributed by atoms with Crippen LogP contribution in [0.1, 0.15) is 62.9 Å². The number of ether oxygens (including phenoxy) is 1. The van der Waals surface area contributed by atoms with E-state index in [9.17, 15) is 18.0 Å². The van der Waals surface area contributed by atoms with Crippen LogP contribution in [0.3, 0.4) is 0 Å². The van der Waals surface area contributed by atoms with Crippen LogP contribution in [0.25, 0.3) is 0 Å². The van der Waals surface area contributed by atoms with Crippen molar-refractivity contribution in [3.05, 3.63) is 40.0 Å². The lowest BCUT2D eigenvalue weighted by atomic mass is 10.1. The number of carbonyl (C=O) groups excluding carboxylic acids is 2. The van der Waals surface area contributed by atoms with Crippen LogP contribution in [-0.4, -0.2) is 48.0 Å². The van der Waals surface area contributed by atoms with E-state index in [0.29, 0.717) is 35.6 Å². The van der Waals surface area contributed by atoms with Crippen LogP contribution < -0.4 is 0 Å². The second-order valence-electron chi connectivity index (χ2n) is 7.12. The molecule has 0 aliphatic carbocycles. The molecule has 3 rings (SSSR count). The minimum Gasteiger partial charge on any atom is -0.454 e. The van der Waals surface area contributed by atoms with Gasteiger partial charge in [0.15, 0.2) is 16.4 Å². The highest BCUT2D eigenvalue weighted by molar-refractivity contribution is 7.91. The predicted molar refractivity (Wildman–Crippen MR) is 101 cm³/mol. The van der Waals surface area contributed by atoms with Crippen molar-refractivity contribution in [2.75, 3.05) is 18.1 Å². The smallest absolute Gasteiger partial charge is 0.344 e. The summed E-state index contributed by atoms with van der Waals surface area (Å²) in [7, 11) is -3.04. The van der Waals surface area contributed by atoms with Crippen LogP contribution in [0.2, 0.25) is 0 Å². The van der Waals surface area contributed by atoms with Crippen molar-refractivity contribution >= 4 is 21.6 Å². The Morgan fingerprint density at radius 3 is 2.64 bits per heavy atom. The molecule has 2 aromatic heterocycles. The fourth-order valence-electron chi connectivity index (χ4n) is 3.80. The summed E-state index contributed by atoms with van der Waals surface area (Å²) in [5, 5.41) is 3.81. The van der Waals surface area contributed by atoms with Gasteiger partial charge in [-0.1, -0.05) is 12.1 Å². The third-order valence-corrected chi connectivity index (χ3v) is 6.92. The second-order valence-corrected chi connectivity index (χ2v) is 9.35. The molecule has 0 radical (unpaired) electrons. The van der Waals surface area contributed by atoms with Crippen molar-refractivity contribution in [1.29, 1.82) is 0 Å². The zero-order chi connectivity index (χ0) is 20.6.